The molecule has 5 rings (SSSR count). The van der Waals surface area contributed by atoms with Gasteiger partial charge in [0.2, 0.25) is 5.91 Å². The number of benzene rings is 1. The molecule has 1 aromatic carbocycles. The van der Waals surface area contributed by atoms with E-state index in [0.717, 1.165) is 30.4 Å². The molecule has 4 N–H and O–H groups in total. The Morgan fingerprint density at radius 3 is 2.88 bits per heavy atom. The van der Waals surface area contributed by atoms with Crippen molar-refractivity contribution in [1.29, 1.82) is 0 Å². The molecule has 0 radical (unpaired) electrons. The highest BCUT2D eigenvalue weighted by Crippen LogP contribution is 2.57. The molecule has 128 valence electrons. The van der Waals surface area contributed by atoms with Gasteiger partial charge < -0.3 is 16.4 Å². The number of nitrogens with zero attached hydrogens (tertiary/aromatic N) is 1. The number of amidine groups is 1. The fourth-order valence-corrected chi connectivity index (χ4v) is 4.67. The van der Waals surface area contributed by atoms with Crippen molar-refractivity contribution in [1.82, 2.24) is 10.6 Å². The first-order chi connectivity index (χ1) is 12.2. The second-order valence-corrected chi connectivity index (χ2v) is 7.55. The first-order valence-electron chi connectivity index (χ1n) is 9.01. The van der Waals surface area contributed by atoms with E-state index in [1.807, 2.05) is 12.2 Å². The smallest absolute Gasteiger partial charge is 0.246 e. The number of hydrogen-bond donors (Lipinski definition) is 3. The predicted molar refractivity (Wildman–Crippen MR) is 97.4 cm³/mol. The molecule has 1 aromatic rings. The van der Waals surface area contributed by atoms with Crippen LogP contribution in [0.1, 0.15) is 24.0 Å². The third-order valence-electron chi connectivity index (χ3n) is 6.21. The highest BCUT2D eigenvalue weighted by Gasteiger charge is 2.55. The average molecular weight is 334 g/mol. The second-order valence-electron chi connectivity index (χ2n) is 7.55. The number of nitrogens with one attached hydrogen (secondary N) is 2. The molecular weight excluding hydrogens is 312 g/mol. The van der Waals surface area contributed by atoms with Gasteiger partial charge in [0.05, 0.1) is 6.04 Å². The minimum atomic E-state index is -0.397. The summed E-state index contributed by atoms with van der Waals surface area (Å²) in [5, 5.41) is 6.91. The zero-order valence-corrected chi connectivity index (χ0v) is 14.0. The number of carbonyl (C=O) groups is 1. The Labute approximate surface area is 147 Å². The van der Waals surface area contributed by atoms with Crippen molar-refractivity contribution in [3.63, 3.8) is 0 Å². The molecule has 2 heterocycles. The van der Waals surface area contributed by atoms with E-state index in [0.29, 0.717) is 11.0 Å². The molecule has 2 aliphatic heterocycles. The fourth-order valence-electron chi connectivity index (χ4n) is 4.67. The Kier molecular flexibility index (Phi) is 3.16. The molecule has 5 nitrogen and oxygen atoms in total. The van der Waals surface area contributed by atoms with Crippen LogP contribution in [0, 0.1) is 5.92 Å². The summed E-state index contributed by atoms with van der Waals surface area (Å²) in [7, 11) is 0. The summed E-state index contributed by atoms with van der Waals surface area (Å²) in [4.78, 5) is 16.3. The van der Waals surface area contributed by atoms with Crippen molar-refractivity contribution in [2.24, 2.45) is 16.6 Å². The first kappa shape index (κ1) is 14.9. The average Bonchev–Trinajstić information content (AvgIpc) is 3.23. The molecule has 4 unspecified atom stereocenters. The number of aliphatic imine (C=N–C) groups is 1. The Morgan fingerprint density at radius 1 is 1.28 bits per heavy atom. The van der Waals surface area contributed by atoms with Crippen LogP contribution in [0.4, 0.5) is 0 Å². The Bertz CT molecular complexity index is 823. The first-order valence-corrected chi connectivity index (χ1v) is 9.01. The maximum absolute atomic E-state index is 11.6. The molecule has 1 saturated heterocycles. The third-order valence-corrected chi connectivity index (χ3v) is 6.21. The van der Waals surface area contributed by atoms with Crippen molar-refractivity contribution >= 4 is 11.7 Å². The number of primary amides is 1. The standard InChI is InChI=1S/C20H22N4O/c21-18(25)15-2-1-3-16-17(15)24-19(23-16)12-4-6-13(7-5-12)20-8-9-22-11-14(20)10-20/h1-7,14,16-17,22H,8-11H2,(H2,21,25)(H,23,24). The van der Waals surface area contributed by atoms with Gasteiger partial charge in [-0.2, -0.15) is 0 Å². The lowest BCUT2D eigenvalue weighted by Gasteiger charge is -2.23. The molecule has 0 bridgehead atoms. The summed E-state index contributed by atoms with van der Waals surface area (Å²) in [5.74, 6) is 1.24. The largest absolute Gasteiger partial charge is 0.366 e. The minimum Gasteiger partial charge on any atom is -0.366 e. The van der Waals surface area contributed by atoms with Gasteiger partial charge in [-0.3, -0.25) is 9.79 Å². The molecule has 0 spiro atoms. The van der Waals surface area contributed by atoms with Crippen LogP contribution in [0.2, 0.25) is 0 Å². The summed E-state index contributed by atoms with van der Waals surface area (Å²) >= 11 is 0. The van der Waals surface area contributed by atoms with Crippen LogP contribution in [0.15, 0.2) is 53.1 Å². The van der Waals surface area contributed by atoms with Crippen LogP contribution in [-0.4, -0.2) is 36.9 Å². The van der Waals surface area contributed by atoms with Crippen molar-refractivity contribution in [2.45, 2.75) is 30.3 Å². The summed E-state index contributed by atoms with van der Waals surface area (Å²) in [6.45, 7) is 2.26. The van der Waals surface area contributed by atoms with Gasteiger partial charge in [-0.25, -0.2) is 0 Å². The van der Waals surface area contributed by atoms with Crippen molar-refractivity contribution in [3.05, 3.63) is 59.2 Å². The SMILES string of the molecule is NC(=O)C1=CC=CC2NC(c3ccc(C45CCNCC4C5)cc3)=NC12. The van der Waals surface area contributed by atoms with Crippen LogP contribution < -0.4 is 16.4 Å². The van der Waals surface area contributed by atoms with E-state index < -0.39 is 5.91 Å². The Morgan fingerprint density at radius 2 is 2.12 bits per heavy atom. The van der Waals surface area contributed by atoms with Crippen LogP contribution in [0.3, 0.4) is 0 Å². The van der Waals surface area contributed by atoms with Crippen LogP contribution >= 0.6 is 0 Å². The lowest BCUT2D eigenvalue weighted by Crippen LogP contribution is -2.38. The zero-order valence-electron chi connectivity index (χ0n) is 14.0. The molecule has 25 heavy (non-hydrogen) atoms. The van der Waals surface area contributed by atoms with Gasteiger partial charge in [-0.05, 0) is 37.4 Å². The van der Waals surface area contributed by atoms with Crippen LogP contribution in [0.5, 0.6) is 0 Å². The summed E-state index contributed by atoms with van der Waals surface area (Å²) < 4.78 is 0. The number of hydrogen-bond acceptors (Lipinski definition) is 4. The number of allylic oxidation sites excluding steroid dienone is 2. The Hall–Kier alpha value is -2.40. The van der Waals surface area contributed by atoms with Gasteiger partial charge in [-0.15, -0.1) is 0 Å². The number of nitrogens with two attached hydrogens (primary N) is 1. The normalized spacial score (nSPS) is 35.1. The number of piperidine rings is 1. The van der Waals surface area contributed by atoms with E-state index >= 15 is 0 Å². The van der Waals surface area contributed by atoms with Crippen molar-refractivity contribution < 1.29 is 4.79 Å². The number of amides is 1. The molecular formula is C20H22N4O. The summed E-state index contributed by atoms with van der Waals surface area (Å²) in [6.07, 6.45) is 8.21. The molecule has 4 atom stereocenters. The van der Waals surface area contributed by atoms with E-state index in [2.05, 4.69) is 34.9 Å². The van der Waals surface area contributed by atoms with Crippen molar-refractivity contribution in [2.75, 3.05) is 13.1 Å². The number of carbonyl (C=O) groups excluding carboxylic acids is 1. The maximum atomic E-state index is 11.6. The molecule has 2 fully saturated rings. The fraction of sp³-hybridized carbons (Fsp3) is 0.400. The molecule has 5 heteroatoms. The molecule has 1 amide bonds. The zero-order chi connectivity index (χ0) is 17.0. The quantitative estimate of drug-likeness (QED) is 0.772. The maximum Gasteiger partial charge on any atom is 0.246 e. The highest BCUT2D eigenvalue weighted by molar-refractivity contribution is 6.03. The van der Waals surface area contributed by atoms with Crippen molar-refractivity contribution in [3.8, 4) is 0 Å². The van der Waals surface area contributed by atoms with Gasteiger partial charge in [-0.1, -0.05) is 42.5 Å². The second kappa shape index (κ2) is 5.30. The van der Waals surface area contributed by atoms with E-state index in [-0.39, 0.29) is 12.1 Å². The van der Waals surface area contributed by atoms with E-state index in [1.54, 1.807) is 6.08 Å². The molecule has 4 aliphatic rings. The van der Waals surface area contributed by atoms with Crippen LogP contribution in [-0.2, 0) is 10.2 Å². The monoisotopic (exact) mass is 334 g/mol. The predicted octanol–water partition coefficient (Wildman–Crippen LogP) is 1.01. The molecule has 0 aromatic heterocycles. The third kappa shape index (κ3) is 2.26. The lowest BCUT2D eigenvalue weighted by atomic mass is 9.87. The minimum absolute atomic E-state index is 0.0120. The molecule has 2 aliphatic carbocycles. The van der Waals surface area contributed by atoms with E-state index in [1.165, 1.54) is 18.4 Å². The highest BCUT2D eigenvalue weighted by atomic mass is 16.1. The Balaban J connectivity index is 1.40. The number of rotatable bonds is 3. The summed E-state index contributed by atoms with van der Waals surface area (Å²) in [6, 6.07) is 8.62. The number of fused-ring (bicyclic) bond motifs is 2. The summed E-state index contributed by atoms with van der Waals surface area (Å²) in [5.41, 5.74) is 8.99. The van der Waals surface area contributed by atoms with Gasteiger partial charge in [0.1, 0.15) is 11.9 Å². The topological polar surface area (TPSA) is 79.5 Å². The van der Waals surface area contributed by atoms with Gasteiger partial charge >= 0.3 is 0 Å². The van der Waals surface area contributed by atoms with Gasteiger partial charge in [0, 0.05) is 16.6 Å². The lowest BCUT2D eigenvalue weighted by molar-refractivity contribution is -0.114. The van der Waals surface area contributed by atoms with Gasteiger partial charge in [0.25, 0.3) is 0 Å². The van der Waals surface area contributed by atoms with Crippen LogP contribution in [0.25, 0.3) is 0 Å². The van der Waals surface area contributed by atoms with E-state index in [4.69, 9.17) is 10.7 Å². The van der Waals surface area contributed by atoms with E-state index in [9.17, 15) is 4.79 Å². The van der Waals surface area contributed by atoms with Gasteiger partial charge in [0.15, 0.2) is 0 Å². The molecule has 1 saturated carbocycles.